The lowest BCUT2D eigenvalue weighted by atomic mass is 9.79. The van der Waals surface area contributed by atoms with Crippen LogP contribution in [-0.4, -0.2) is 91.2 Å². The van der Waals surface area contributed by atoms with Gasteiger partial charge in [0, 0.05) is 88.1 Å². The van der Waals surface area contributed by atoms with Crippen LogP contribution in [0.1, 0.15) is 62.0 Å². The Labute approximate surface area is 251 Å². The molecule has 0 radical (unpaired) electrons. The topological polar surface area (TPSA) is 48.1 Å². The number of piperazine rings is 1. The minimum Gasteiger partial charge on any atom is -0.381 e. The zero-order valence-electron chi connectivity index (χ0n) is 24.5. The molecule has 4 fully saturated rings. The molecule has 3 heterocycles. The fourth-order valence-electron chi connectivity index (χ4n) is 7.97. The summed E-state index contributed by atoms with van der Waals surface area (Å²) in [5.41, 5.74) is 2.79. The highest BCUT2D eigenvalue weighted by atomic mass is 35.5. The number of halogens is 1. The number of ether oxygens (including phenoxy) is 1. The van der Waals surface area contributed by atoms with Crippen molar-refractivity contribution in [2.24, 2.45) is 5.92 Å². The van der Waals surface area contributed by atoms with E-state index in [-0.39, 0.29) is 17.4 Å². The molecular weight excluding hydrogens is 532 g/mol. The molecule has 1 amide bonds. The van der Waals surface area contributed by atoms with E-state index in [0.29, 0.717) is 11.9 Å². The van der Waals surface area contributed by atoms with Crippen LogP contribution in [-0.2, 0) is 16.1 Å². The summed E-state index contributed by atoms with van der Waals surface area (Å²) in [6.45, 7) is 9.01. The summed E-state index contributed by atoms with van der Waals surface area (Å²) in [4.78, 5) is 21.7. The van der Waals surface area contributed by atoms with Gasteiger partial charge in [-0.15, -0.1) is 0 Å². The summed E-state index contributed by atoms with van der Waals surface area (Å²) < 4.78 is 5.64. The molecule has 6 rings (SSSR count). The first-order valence-corrected chi connectivity index (χ1v) is 16.3. The van der Waals surface area contributed by atoms with Crippen LogP contribution in [0.15, 0.2) is 54.6 Å². The first kappa shape index (κ1) is 29.1. The van der Waals surface area contributed by atoms with Crippen LogP contribution in [0.4, 0.5) is 0 Å². The maximum atomic E-state index is 14.2. The molecule has 0 bridgehead atoms. The molecule has 3 saturated heterocycles. The third kappa shape index (κ3) is 6.83. The normalized spacial score (nSPS) is 26.3. The summed E-state index contributed by atoms with van der Waals surface area (Å²) in [7, 11) is 0. The van der Waals surface area contributed by atoms with Gasteiger partial charge >= 0.3 is 0 Å². The van der Waals surface area contributed by atoms with Crippen LogP contribution < -0.4 is 5.32 Å². The zero-order valence-corrected chi connectivity index (χ0v) is 25.2. The summed E-state index contributed by atoms with van der Waals surface area (Å²) >= 11 is 6.23. The van der Waals surface area contributed by atoms with Gasteiger partial charge in [-0.25, -0.2) is 0 Å². The fourth-order valence-corrected chi connectivity index (χ4v) is 8.09. The lowest BCUT2D eigenvalue weighted by molar-refractivity contribution is -0.138. The Kier molecular flexibility index (Phi) is 9.63. The summed E-state index contributed by atoms with van der Waals surface area (Å²) in [6.07, 6.45) is 8.59. The number of carbonyl (C=O) groups is 1. The largest absolute Gasteiger partial charge is 0.381 e. The lowest BCUT2D eigenvalue weighted by Gasteiger charge is -2.50. The van der Waals surface area contributed by atoms with E-state index in [0.717, 1.165) is 83.4 Å². The van der Waals surface area contributed by atoms with Gasteiger partial charge in [-0.1, -0.05) is 73.3 Å². The Morgan fingerprint density at radius 1 is 0.902 bits per heavy atom. The van der Waals surface area contributed by atoms with Gasteiger partial charge in [0.25, 0.3) is 0 Å². The van der Waals surface area contributed by atoms with E-state index in [2.05, 4.69) is 62.5 Å². The standard InChI is InChI=1S/C34H47ClN4O2/c35-29-11-9-28(10-12-29)31-24-38(30-13-21-41-22-14-30)25-32(31)33(40)37-17-19-39(20-18-37)34(15-5-2-6-16-34)26-36-23-27-7-3-1-4-8-27/h1,3-4,7-12,30-32,36H,2,5-6,13-26H2/t31-,32+/m1/s1. The smallest absolute Gasteiger partial charge is 0.227 e. The molecule has 41 heavy (non-hydrogen) atoms. The van der Waals surface area contributed by atoms with Crippen molar-refractivity contribution in [1.82, 2.24) is 20.0 Å². The number of amides is 1. The first-order valence-electron chi connectivity index (χ1n) is 16.0. The van der Waals surface area contributed by atoms with Crippen molar-refractivity contribution in [3.63, 3.8) is 0 Å². The molecule has 2 aromatic rings. The molecule has 1 aliphatic carbocycles. The van der Waals surface area contributed by atoms with Gasteiger partial charge in [0.15, 0.2) is 0 Å². The second-order valence-corrected chi connectivity index (χ2v) is 13.2. The van der Waals surface area contributed by atoms with Crippen LogP contribution in [0.3, 0.4) is 0 Å². The second kappa shape index (κ2) is 13.6. The number of likely N-dealkylation sites (tertiary alicyclic amines) is 1. The van der Waals surface area contributed by atoms with Gasteiger partial charge in [0.05, 0.1) is 5.92 Å². The molecule has 2 aromatic carbocycles. The molecular formula is C34H47ClN4O2. The Balaban J connectivity index is 1.11. The highest BCUT2D eigenvalue weighted by Gasteiger charge is 2.44. The Morgan fingerprint density at radius 3 is 2.32 bits per heavy atom. The van der Waals surface area contributed by atoms with Gasteiger partial charge < -0.3 is 15.0 Å². The monoisotopic (exact) mass is 578 g/mol. The van der Waals surface area contributed by atoms with Gasteiger partial charge in [-0.05, 0) is 48.9 Å². The van der Waals surface area contributed by atoms with Gasteiger partial charge in [0.2, 0.25) is 5.91 Å². The van der Waals surface area contributed by atoms with E-state index in [1.807, 2.05) is 12.1 Å². The van der Waals surface area contributed by atoms with Gasteiger partial charge in [-0.2, -0.15) is 0 Å². The predicted molar refractivity (Wildman–Crippen MR) is 165 cm³/mol. The number of hydrogen-bond donors (Lipinski definition) is 1. The van der Waals surface area contributed by atoms with E-state index in [9.17, 15) is 4.79 Å². The molecule has 0 spiro atoms. The van der Waals surface area contributed by atoms with E-state index < -0.39 is 0 Å². The second-order valence-electron chi connectivity index (χ2n) is 12.7. The third-order valence-corrected chi connectivity index (χ3v) is 10.6. The molecule has 6 nitrogen and oxygen atoms in total. The molecule has 4 aliphatic rings. The van der Waals surface area contributed by atoms with Crippen LogP contribution >= 0.6 is 11.6 Å². The maximum Gasteiger partial charge on any atom is 0.227 e. The summed E-state index contributed by atoms with van der Waals surface area (Å²) in [6, 6.07) is 19.5. The summed E-state index contributed by atoms with van der Waals surface area (Å²) in [5, 5.41) is 4.56. The van der Waals surface area contributed by atoms with Crippen LogP contribution in [0.25, 0.3) is 0 Å². The molecule has 0 aromatic heterocycles. The summed E-state index contributed by atoms with van der Waals surface area (Å²) in [5.74, 6) is 0.563. The van der Waals surface area contributed by atoms with Crippen molar-refractivity contribution >= 4 is 17.5 Å². The molecule has 3 aliphatic heterocycles. The molecule has 222 valence electrons. The Bertz CT molecular complexity index is 1110. The number of hydrogen-bond acceptors (Lipinski definition) is 5. The van der Waals surface area contributed by atoms with Crippen molar-refractivity contribution in [2.45, 2.75) is 69.0 Å². The average molecular weight is 579 g/mol. The van der Waals surface area contributed by atoms with Crippen molar-refractivity contribution < 1.29 is 9.53 Å². The van der Waals surface area contributed by atoms with Crippen molar-refractivity contribution in [2.75, 3.05) is 59.0 Å². The van der Waals surface area contributed by atoms with Crippen LogP contribution in [0, 0.1) is 5.92 Å². The quantitative estimate of drug-likeness (QED) is 0.468. The number of nitrogens with zero attached hydrogens (tertiary/aromatic N) is 3. The first-order chi connectivity index (χ1) is 20.1. The van der Waals surface area contributed by atoms with Crippen molar-refractivity contribution in [3.8, 4) is 0 Å². The Hall–Kier alpha value is -1.96. The van der Waals surface area contributed by atoms with E-state index >= 15 is 0 Å². The van der Waals surface area contributed by atoms with Crippen molar-refractivity contribution in [3.05, 3.63) is 70.7 Å². The zero-order chi connectivity index (χ0) is 28.1. The van der Waals surface area contributed by atoms with Gasteiger partial charge in [0.1, 0.15) is 0 Å². The van der Waals surface area contributed by atoms with E-state index in [1.165, 1.54) is 43.2 Å². The maximum absolute atomic E-state index is 14.2. The van der Waals surface area contributed by atoms with Crippen LogP contribution in [0.2, 0.25) is 5.02 Å². The van der Waals surface area contributed by atoms with Crippen LogP contribution in [0.5, 0.6) is 0 Å². The number of nitrogens with one attached hydrogen (secondary N) is 1. The van der Waals surface area contributed by atoms with E-state index in [4.69, 9.17) is 16.3 Å². The van der Waals surface area contributed by atoms with E-state index in [1.54, 1.807) is 0 Å². The number of rotatable bonds is 8. The lowest BCUT2D eigenvalue weighted by Crippen LogP contribution is -2.62. The third-order valence-electron chi connectivity index (χ3n) is 10.3. The predicted octanol–water partition coefficient (Wildman–Crippen LogP) is 5.17. The average Bonchev–Trinajstić information content (AvgIpc) is 3.48. The highest BCUT2D eigenvalue weighted by molar-refractivity contribution is 6.30. The molecule has 0 unspecified atom stereocenters. The minimum absolute atomic E-state index is 0.00162. The number of benzene rings is 2. The number of carbonyl (C=O) groups excluding carboxylic acids is 1. The molecule has 1 N–H and O–H groups in total. The Morgan fingerprint density at radius 2 is 1.61 bits per heavy atom. The SMILES string of the molecule is O=C([C@H]1CN(C2CCOCC2)C[C@@H]1c1ccc(Cl)cc1)N1CCN(C2(CNCc3ccccc3)CCCCC2)CC1. The fraction of sp³-hybridized carbons (Fsp3) is 0.618. The molecule has 7 heteroatoms. The van der Waals surface area contributed by atoms with Crippen molar-refractivity contribution in [1.29, 1.82) is 0 Å². The highest BCUT2D eigenvalue weighted by Crippen LogP contribution is 2.38. The van der Waals surface area contributed by atoms with Gasteiger partial charge in [-0.3, -0.25) is 14.6 Å². The molecule has 1 saturated carbocycles. The molecule has 2 atom stereocenters. The minimum atomic E-state index is 0.00162.